The maximum Gasteiger partial charge on any atom is 0.242 e. The van der Waals surface area contributed by atoms with Crippen LogP contribution in [0.15, 0.2) is 29.6 Å². The Bertz CT molecular complexity index is 630. The SMILES string of the molecule is C[C@H](N)C(=O)Nc1nc(-c2ccc(C(C)(C)C)cc2)cs1.Cl. The van der Waals surface area contributed by atoms with Crippen LogP contribution in [0.5, 0.6) is 0 Å². The van der Waals surface area contributed by atoms with Crippen molar-refractivity contribution in [1.82, 2.24) is 4.98 Å². The van der Waals surface area contributed by atoms with Gasteiger partial charge < -0.3 is 11.1 Å². The molecule has 2 rings (SSSR count). The molecule has 120 valence electrons. The first-order valence-electron chi connectivity index (χ1n) is 6.90. The van der Waals surface area contributed by atoms with Crippen LogP contribution in [-0.2, 0) is 10.2 Å². The van der Waals surface area contributed by atoms with Crippen LogP contribution < -0.4 is 11.1 Å². The van der Waals surface area contributed by atoms with E-state index in [2.05, 4.69) is 55.3 Å². The largest absolute Gasteiger partial charge is 0.320 e. The molecule has 0 aliphatic rings. The molecular weight excluding hydrogens is 318 g/mol. The van der Waals surface area contributed by atoms with Crippen LogP contribution >= 0.6 is 23.7 Å². The van der Waals surface area contributed by atoms with E-state index in [1.165, 1.54) is 16.9 Å². The highest BCUT2D eigenvalue weighted by atomic mass is 35.5. The number of benzene rings is 1. The Hall–Kier alpha value is -1.43. The Labute approximate surface area is 141 Å². The highest BCUT2D eigenvalue weighted by molar-refractivity contribution is 7.14. The van der Waals surface area contributed by atoms with Gasteiger partial charge in [0.2, 0.25) is 5.91 Å². The summed E-state index contributed by atoms with van der Waals surface area (Å²) in [4.78, 5) is 16.0. The number of halogens is 1. The molecule has 0 fully saturated rings. The molecule has 6 heteroatoms. The number of carbonyl (C=O) groups excluding carboxylic acids is 1. The first-order chi connectivity index (χ1) is 9.77. The molecule has 2 aromatic rings. The van der Waals surface area contributed by atoms with Crippen LogP contribution in [0, 0.1) is 0 Å². The van der Waals surface area contributed by atoms with Crippen LogP contribution in [0.3, 0.4) is 0 Å². The van der Waals surface area contributed by atoms with Crippen LogP contribution in [-0.4, -0.2) is 16.9 Å². The average molecular weight is 340 g/mol. The molecule has 0 radical (unpaired) electrons. The molecular formula is C16H22ClN3OS. The quantitative estimate of drug-likeness (QED) is 0.893. The monoisotopic (exact) mass is 339 g/mol. The van der Waals surface area contributed by atoms with Gasteiger partial charge in [0.1, 0.15) is 0 Å². The van der Waals surface area contributed by atoms with Gasteiger partial charge in [0, 0.05) is 10.9 Å². The first kappa shape index (κ1) is 18.6. The standard InChI is InChI=1S/C16H21N3OS.ClH/c1-10(17)14(20)19-15-18-13(9-21-15)11-5-7-12(8-6-11)16(2,3)4;/h5-10H,17H2,1-4H3,(H,18,19,20);1H/t10-;/m0./s1. The van der Waals surface area contributed by atoms with Gasteiger partial charge in [0.25, 0.3) is 0 Å². The van der Waals surface area contributed by atoms with Gasteiger partial charge in [-0.25, -0.2) is 4.98 Å². The van der Waals surface area contributed by atoms with Crippen molar-refractivity contribution < 1.29 is 4.79 Å². The molecule has 0 spiro atoms. The average Bonchev–Trinajstić information content (AvgIpc) is 2.86. The number of nitrogens with zero attached hydrogens (tertiary/aromatic N) is 1. The van der Waals surface area contributed by atoms with Gasteiger partial charge in [-0.3, -0.25) is 4.79 Å². The van der Waals surface area contributed by atoms with Crippen LogP contribution in [0.2, 0.25) is 0 Å². The summed E-state index contributed by atoms with van der Waals surface area (Å²) in [6.07, 6.45) is 0. The normalized spacial score (nSPS) is 12.4. The van der Waals surface area contributed by atoms with E-state index in [4.69, 9.17) is 5.73 Å². The van der Waals surface area contributed by atoms with Crippen molar-refractivity contribution in [3.05, 3.63) is 35.2 Å². The number of rotatable bonds is 3. The summed E-state index contributed by atoms with van der Waals surface area (Å²) in [5, 5.41) is 5.22. The van der Waals surface area contributed by atoms with E-state index in [1.807, 2.05) is 5.38 Å². The molecule has 1 aromatic heterocycles. The van der Waals surface area contributed by atoms with Gasteiger partial charge in [-0.1, -0.05) is 45.0 Å². The van der Waals surface area contributed by atoms with E-state index >= 15 is 0 Å². The molecule has 1 amide bonds. The molecule has 0 saturated heterocycles. The lowest BCUT2D eigenvalue weighted by molar-refractivity contribution is -0.117. The molecule has 0 aliphatic heterocycles. The second-order valence-electron chi connectivity index (χ2n) is 6.14. The van der Waals surface area contributed by atoms with Gasteiger partial charge in [0.15, 0.2) is 5.13 Å². The number of thiazole rings is 1. The number of hydrogen-bond donors (Lipinski definition) is 2. The number of nitrogens with one attached hydrogen (secondary N) is 1. The van der Waals surface area contributed by atoms with Gasteiger partial charge >= 0.3 is 0 Å². The Kier molecular flexibility index (Phi) is 6.11. The zero-order valence-corrected chi connectivity index (χ0v) is 14.8. The molecule has 1 heterocycles. The van der Waals surface area contributed by atoms with Gasteiger partial charge in [0.05, 0.1) is 11.7 Å². The van der Waals surface area contributed by atoms with Crippen molar-refractivity contribution in [3.63, 3.8) is 0 Å². The Morgan fingerprint density at radius 2 is 1.86 bits per heavy atom. The summed E-state index contributed by atoms with van der Waals surface area (Å²) in [5.74, 6) is -0.223. The van der Waals surface area contributed by atoms with Gasteiger partial charge in [-0.05, 0) is 17.9 Å². The summed E-state index contributed by atoms with van der Waals surface area (Å²) >= 11 is 1.40. The van der Waals surface area contributed by atoms with Gasteiger partial charge in [-0.15, -0.1) is 23.7 Å². The predicted octanol–water partition coefficient (Wildman–Crippen LogP) is 3.82. The fourth-order valence-electron chi connectivity index (χ4n) is 1.82. The summed E-state index contributed by atoms with van der Waals surface area (Å²) < 4.78 is 0. The summed E-state index contributed by atoms with van der Waals surface area (Å²) in [6, 6.07) is 7.83. The summed E-state index contributed by atoms with van der Waals surface area (Å²) in [5.41, 5.74) is 8.85. The molecule has 0 unspecified atom stereocenters. The minimum Gasteiger partial charge on any atom is -0.320 e. The minimum atomic E-state index is -0.539. The zero-order valence-electron chi connectivity index (χ0n) is 13.2. The number of aromatic nitrogens is 1. The minimum absolute atomic E-state index is 0. The second kappa shape index (κ2) is 7.22. The van der Waals surface area contributed by atoms with Crippen LogP contribution in [0.4, 0.5) is 5.13 Å². The van der Waals surface area contributed by atoms with E-state index in [-0.39, 0.29) is 23.7 Å². The van der Waals surface area contributed by atoms with Crippen LogP contribution in [0.25, 0.3) is 11.3 Å². The lowest BCUT2D eigenvalue weighted by Gasteiger charge is -2.18. The third-order valence-corrected chi connectivity index (χ3v) is 3.95. The van der Waals surface area contributed by atoms with Crippen molar-refractivity contribution in [2.24, 2.45) is 5.73 Å². The summed E-state index contributed by atoms with van der Waals surface area (Å²) in [7, 11) is 0. The summed E-state index contributed by atoms with van der Waals surface area (Å²) in [6.45, 7) is 8.21. The second-order valence-corrected chi connectivity index (χ2v) is 7.00. The van der Waals surface area contributed by atoms with Gasteiger partial charge in [-0.2, -0.15) is 0 Å². The van der Waals surface area contributed by atoms with Crippen molar-refractivity contribution in [2.45, 2.75) is 39.2 Å². The van der Waals surface area contributed by atoms with E-state index in [9.17, 15) is 4.79 Å². The highest BCUT2D eigenvalue weighted by Gasteiger charge is 2.14. The molecule has 3 N–H and O–H groups in total. The lowest BCUT2D eigenvalue weighted by Crippen LogP contribution is -2.32. The van der Waals surface area contributed by atoms with Crippen molar-refractivity contribution in [1.29, 1.82) is 0 Å². The van der Waals surface area contributed by atoms with Crippen molar-refractivity contribution in [3.8, 4) is 11.3 Å². The number of carbonyl (C=O) groups is 1. The molecule has 1 atom stereocenters. The number of hydrogen-bond acceptors (Lipinski definition) is 4. The molecule has 0 saturated carbocycles. The lowest BCUT2D eigenvalue weighted by atomic mass is 9.86. The maximum atomic E-state index is 11.5. The first-order valence-corrected chi connectivity index (χ1v) is 7.78. The smallest absolute Gasteiger partial charge is 0.242 e. The fourth-order valence-corrected chi connectivity index (χ4v) is 2.55. The Morgan fingerprint density at radius 1 is 1.27 bits per heavy atom. The Balaban J connectivity index is 0.00000242. The topological polar surface area (TPSA) is 68.0 Å². The number of anilines is 1. The fraction of sp³-hybridized carbons (Fsp3) is 0.375. The molecule has 0 aliphatic carbocycles. The van der Waals surface area contributed by atoms with E-state index in [0.29, 0.717) is 5.13 Å². The van der Waals surface area contributed by atoms with Crippen molar-refractivity contribution in [2.75, 3.05) is 5.32 Å². The van der Waals surface area contributed by atoms with E-state index in [0.717, 1.165) is 11.3 Å². The number of nitrogens with two attached hydrogens (primary N) is 1. The van der Waals surface area contributed by atoms with Crippen molar-refractivity contribution >= 4 is 34.8 Å². The molecule has 0 bridgehead atoms. The zero-order chi connectivity index (χ0) is 15.6. The third kappa shape index (κ3) is 4.53. The Morgan fingerprint density at radius 3 is 2.36 bits per heavy atom. The molecule has 4 nitrogen and oxygen atoms in total. The molecule has 22 heavy (non-hydrogen) atoms. The highest BCUT2D eigenvalue weighted by Crippen LogP contribution is 2.28. The predicted molar refractivity (Wildman–Crippen MR) is 95.8 cm³/mol. The van der Waals surface area contributed by atoms with Crippen LogP contribution in [0.1, 0.15) is 33.3 Å². The number of amides is 1. The van der Waals surface area contributed by atoms with E-state index in [1.54, 1.807) is 6.92 Å². The molecule has 1 aromatic carbocycles. The van der Waals surface area contributed by atoms with E-state index < -0.39 is 6.04 Å². The third-order valence-electron chi connectivity index (χ3n) is 3.19. The maximum absolute atomic E-state index is 11.5.